The molecule has 0 radical (unpaired) electrons. The van der Waals surface area contributed by atoms with Crippen LogP contribution in [-0.2, 0) is 6.54 Å². The third kappa shape index (κ3) is 4.57. The van der Waals surface area contributed by atoms with Crippen molar-refractivity contribution >= 4 is 11.8 Å². The van der Waals surface area contributed by atoms with Crippen molar-refractivity contribution in [2.75, 3.05) is 17.7 Å². The first-order chi connectivity index (χ1) is 11.8. The number of hydrogen-bond acceptors (Lipinski definition) is 6. The molecule has 1 aromatic carbocycles. The number of aromatic nitrogens is 3. The van der Waals surface area contributed by atoms with Gasteiger partial charge in [0, 0.05) is 18.2 Å². The maximum absolute atomic E-state index is 5.36. The fraction of sp³-hybridized carbons (Fsp3) is 0.500. The molecule has 1 heterocycles. The number of rotatable bonds is 6. The topological polar surface area (TPSA) is 72.0 Å². The van der Waals surface area contributed by atoms with E-state index in [1.54, 1.807) is 13.3 Å². The maximum atomic E-state index is 5.36. The summed E-state index contributed by atoms with van der Waals surface area (Å²) in [7, 11) is 1.67. The molecule has 1 fully saturated rings. The smallest absolute Gasteiger partial charge is 0.244 e. The largest absolute Gasteiger partial charge is 0.496 e. The Hall–Kier alpha value is -2.37. The van der Waals surface area contributed by atoms with Gasteiger partial charge in [0.05, 0.1) is 13.3 Å². The summed E-state index contributed by atoms with van der Waals surface area (Å²) in [5.74, 6) is 2.17. The molecule has 0 spiro atoms. The van der Waals surface area contributed by atoms with E-state index in [1.807, 2.05) is 24.3 Å². The molecule has 2 N–H and O–H groups in total. The molecule has 24 heavy (non-hydrogen) atoms. The fourth-order valence-corrected chi connectivity index (χ4v) is 3.10. The molecule has 1 aliphatic rings. The van der Waals surface area contributed by atoms with Gasteiger partial charge in [0.2, 0.25) is 5.95 Å². The quantitative estimate of drug-likeness (QED) is 0.790. The summed E-state index contributed by atoms with van der Waals surface area (Å²) in [5, 5.41) is 14.9. The fourth-order valence-electron chi connectivity index (χ4n) is 3.10. The predicted octanol–water partition coefficient (Wildman–Crippen LogP) is 3.63. The Morgan fingerprint density at radius 2 is 1.92 bits per heavy atom. The van der Waals surface area contributed by atoms with E-state index in [0.717, 1.165) is 17.1 Å². The molecule has 0 aliphatic heterocycles. The van der Waals surface area contributed by atoms with Crippen LogP contribution < -0.4 is 15.4 Å². The molecule has 0 saturated heterocycles. The van der Waals surface area contributed by atoms with E-state index < -0.39 is 0 Å². The van der Waals surface area contributed by atoms with E-state index in [2.05, 4.69) is 25.8 Å². The summed E-state index contributed by atoms with van der Waals surface area (Å²) in [4.78, 5) is 4.53. The summed E-state index contributed by atoms with van der Waals surface area (Å²) in [5.41, 5.74) is 1.06. The second-order valence-corrected chi connectivity index (χ2v) is 6.16. The summed E-state index contributed by atoms with van der Waals surface area (Å²) < 4.78 is 5.36. The van der Waals surface area contributed by atoms with Gasteiger partial charge in [-0.1, -0.05) is 43.9 Å². The molecule has 0 unspecified atom stereocenters. The molecule has 128 valence electrons. The lowest BCUT2D eigenvalue weighted by Crippen LogP contribution is -2.19. The third-order valence-electron chi connectivity index (χ3n) is 4.40. The molecule has 2 aromatic rings. The Morgan fingerprint density at radius 3 is 2.71 bits per heavy atom. The number of hydrogen-bond donors (Lipinski definition) is 2. The first-order valence-corrected chi connectivity index (χ1v) is 8.67. The zero-order chi connectivity index (χ0) is 16.6. The van der Waals surface area contributed by atoms with Gasteiger partial charge in [-0.3, -0.25) is 0 Å². The van der Waals surface area contributed by atoms with Crippen LogP contribution in [0, 0.1) is 0 Å². The van der Waals surface area contributed by atoms with Gasteiger partial charge in [0.25, 0.3) is 0 Å². The minimum atomic E-state index is 0.492. The van der Waals surface area contributed by atoms with Crippen molar-refractivity contribution in [3.05, 3.63) is 36.0 Å². The summed E-state index contributed by atoms with van der Waals surface area (Å²) in [6.45, 7) is 0.596. The third-order valence-corrected chi connectivity index (χ3v) is 4.40. The molecule has 6 nitrogen and oxygen atoms in total. The van der Waals surface area contributed by atoms with Gasteiger partial charge in [-0.05, 0) is 18.9 Å². The zero-order valence-corrected chi connectivity index (χ0v) is 14.2. The number of methoxy groups -OCH3 is 1. The predicted molar refractivity (Wildman–Crippen MR) is 95.3 cm³/mol. The van der Waals surface area contributed by atoms with Crippen LogP contribution in [-0.4, -0.2) is 28.3 Å². The van der Waals surface area contributed by atoms with Gasteiger partial charge in [-0.25, -0.2) is 0 Å². The van der Waals surface area contributed by atoms with E-state index in [4.69, 9.17) is 4.74 Å². The zero-order valence-electron chi connectivity index (χ0n) is 14.2. The van der Waals surface area contributed by atoms with Crippen molar-refractivity contribution in [2.45, 2.75) is 51.1 Å². The summed E-state index contributed by atoms with van der Waals surface area (Å²) in [6.07, 6.45) is 9.35. The van der Waals surface area contributed by atoms with Crippen molar-refractivity contribution in [3.63, 3.8) is 0 Å². The Bertz CT molecular complexity index is 641. The van der Waals surface area contributed by atoms with Crippen molar-refractivity contribution in [1.29, 1.82) is 0 Å². The van der Waals surface area contributed by atoms with Gasteiger partial charge >= 0.3 is 0 Å². The SMILES string of the molecule is COc1ccccc1CNc1nncc(NC2CCCCCC2)n1. The standard InChI is InChI=1S/C18H25N5O/c1-24-16-11-7-6-8-14(16)12-19-18-22-17(13-20-23-18)21-15-9-4-2-3-5-10-15/h6-8,11,13,15H,2-5,9-10,12H2,1H3,(H2,19,21,22,23). The second-order valence-electron chi connectivity index (χ2n) is 6.16. The minimum Gasteiger partial charge on any atom is -0.496 e. The molecular weight excluding hydrogens is 302 g/mol. The van der Waals surface area contributed by atoms with E-state index >= 15 is 0 Å². The molecule has 0 atom stereocenters. The molecule has 1 aliphatic carbocycles. The van der Waals surface area contributed by atoms with Crippen molar-refractivity contribution in [1.82, 2.24) is 15.2 Å². The highest BCUT2D eigenvalue weighted by atomic mass is 16.5. The first kappa shape index (κ1) is 16.5. The van der Waals surface area contributed by atoms with E-state index in [9.17, 15) is 0 Å². The average Bonchev–Trinajstić information content (AvgIpc) is 2.89. The van der Waals surface area contributed by atoms with Crippen molar-refractivity contribution in [2.24, 2.45) is 0 Å². The van der Waals surface area contributed by atoms with E-state index in [0.29, 0.717) is 18.5 Å². The molecule has 6 heteroatoms. The van der Waals surface area contributed by atoms with Crippen molar-refractivity contribution < 1.29 is 4.74 Å². The normalized spacial score (nSPS) is 15.5. The number of para-hydroxylation sites is 1. The van der Waals surface area contributed by atoms with Gasteiger partial charge < -0.3 is 15.4 Å². The monoisotopic (exact) mass is 327 g/mol. The highest BCUT2D eigenvalue weighted by Gasteiger charge is 2.13. The van der Waals surface area contributed by atoms with Crippen LogP contribution in [0.25, 0.3) is 0 Å². The number of nitrogens with one attached hydrogen (secondary N) is 2. The van der Waals surface area contributed by atoms with Crippen LogP contribution in [0.3, 0.4) is 0 Å². The molecular formula is C18H25N5O. The van der Waals surface area contributed by atoms with Crippen LogP contribution >= 0.6 is 0 Å². The number of nitrogens with zero attached hydrogens (tertiary/aromatic N) is 3. The lowest BCUT2D eigenvalue weighted by molar-refractivity contribution is 0.410. The Balaban J connectivity index is 1.60. The molecule has 3 rings (SSSR count). The molecule has 0 bridgehead atoms. The average molecular weight is 327 g/mol. The highest BCUT2D eigenvalue weighted by molar-refractivity contribution is 5.40. The van der Waals surface area contributed by atoms with Crippen LogP contribution in [0.5, 0.6) is 5.75 Å². The second kappa shape index (κ2) is 8.47. The highest BCUT2D eigenvalue weighted by Crippen LogP contribution is 2.21. The van der Waals surface area contributed by atoms with Gasteiger partial charge in [-0.2, -0.15) is 10.1 Å². The van der Waals surface area contributed by atoms with Crippen molar-refractivity contribution in [3.8, 4) is 5.75 Å². The van der Waals surface area contributed by atoms with Crippen LogP contribution in [0.4, 0.5) is 11.8 Å². The Kier molecular flexibility index (Phi) is 5.82. The van der Waals surface area contributed by atoms with Gasteiger partial charge in [0.15, 0.2) is 5.82 Å². The van der Waals surface area contributed by atoms with Gasteiger partial charge in [0.1, 0.15) is 5.75 Å². The minimum absolute atomic E-state index is 0.492. The lowest BCUT2D eigenvalue weighted by atomic mass is 10.1. The molecule has 0 amide bonds. The number of benzene rings is 1. The lowest BCUT2D eigenvalue weighted by Gasteiger charge is -2.16. The maximum Gasteiger partial charge on any atom is 0.244 e. The molecule has 1 aromatic heterocycles. The number of ether oxygens (including phenoxy) is 1. The van der Waals surface area contributed by atoms with Crippen LogP contribution in [0.2, 0.25) is 0 Å². The van der Waals surface area contributed by atoms with Crippen LogP contribution in [0.15, 0.2) is 30.5 Å². The molecule has 1 saturated carbocycles. The van der Waals surface area contributed by atoms with Gasteiger partial charge in [-0.15, -0.1) is 5.10 Å². The Morgan fingerprint density at radius 1 is 1.12 bits per heavy atom. The summed E-state index contributed by atoms with van der Waals surface area (Å²) >= 11 is 0. The van der Waals surface area contributed by atoms with Crippen LogP contribution in [0.1, 0.15) is 44.1 Å². The summed E-state index contributed by atoms with van der Waals surface area (Å²) in [6, 6.07) is 8.40. The Labute approximate surface area is 143 Å². The first-order valence-electron chi connectivity index (χ1n) is 8.67. The van der Waals surface area contributed by atoms with E-state index in [1.165, 1.54) is 38.5 Å². The number of anilines is 2. The van der Waals surface area contributed by atoms with E-state index in [-0.39, 0.29) is 0 Å².